The molecule has 5 N–H and O–H groups in total. The Balaban J connectivity index is 1.49. The Morgan fingerprint density at radius 2 is 1.64 bits per heavy atom. The van der Waals surface area contributed by atoms with Crippen LogP contribution in [0.3, 0.4) is 0 Å². The van der Waals surface area contributed by atoms with Gasteiger partial charge in [0.15, 0.2) is 0 Å². The Morgan fingerprint density at radius 1 is 0.923 bits per heavy atom. The van der Waals surface area contributed by atoms with Crippen LogP contribution in [0.25, 0.3) is 0 Å². The Labute approximate surface area is 227 Å². The highest BCUT2D eigenvalue weighted by Gasteiger charge is 2.38. The summed E-state index contributed by atoms with van der Waals surface area (Å²) in [4.78, 5) is 52.8. The number of likely N-dealkylation sites (tertiary alicyclic amines) is 1. The fraction of sp³-hybridized carbons (Fsp3) is 0.448. The molecular formula is C29H36N4O6. The summed E-state index contributed by atoms with van der Waals surface area (Å²) in [6.07, 6.45) is 3.09. The van der Waals surface area contributed by atoms with E-state index >= 15 is 0 Å². The maximum absolute atomic E-state index is 13.5. The van der Waals surface area contributed by atoms with E-state index in [-0.39, 0.29) is 30.5 Å². The second kappa shape index (κ2) is 13.2. The van der Waals surface area contributed by atoms with E-state index in [2.05, 4.69) is 16.0 Å². The molecule has 2 fully saturated rings. The van der Waals surface area contributed by atoms with Crippen molar-refractivity contribution in [2.45, 2.75) is 69.1 Å². The van der Waals surface area contributed by atoms with Gasteiger partial charge in [0, 0.05) is 25.4 Å². The summed E-state index contributed by atoms with van der Waals surface area (Å²) >= 11 is 0. The maximum atomic E-state index is 13.5. The number of carboxylic acids is 1. The van der Waals surface area contributed by atoms with Crippen LogP contribution < -0.4 is 16.0 Å². The van der Waals surface area contributed by atoms with Crippen LogP contribution in [-0.4, -0.2) is 76.1 Å². The molecule has 10 heteroatoms. The van der Waals surface area contributed by atoms with Gasteiger partial charge in [-0.15, -0.1) is 0 Å². The molecule has 4 unspecified atom stereocenters. The average molecular weight is 537 g/mol. The number of phenolic OH excluding ortho intramolecular Hbond substituents is 1. The number of hydrogen-bond donors (Lipinski definition) is 5. The Hall–Kier alpha value is -3.92. The van der Waals surface area contributed by atoms with E-state index in [1.54, 1.807) is 24.3 Å². The Morgan fingerprint density at radius 3 is 2.31 bits per heavy atom. The summed E-state index contributed by atoms with van der Waals surface area (Å²) < 4.78 is 0. The molecule has 39 heavy (non-hydrogen) atoms. The van der Waals surface area contributed by atoms with Gasteiger partial charge >= 0.3 is 5.97 Å². The van der Waals surface area contributed by atoms with Crippen LogP contribution in [-0.2, 0) is 32.0 Å². The number of nitrogens with zero attached hydrogens (tertiary/aromatic N) is 1. The van der Waals surface area contributed by atoms with Gasteiger partial charge in [-0.3, -0.25) is 14.4 Å². The third kappa shape index (κ3) is 7.79. The van der Waals surface area contributed by atoms with Crippen molar-refractivity contribution in [3.05, 3.63) is 65.7 Å². The monoisotopic (exact) mass is 536 g/mol. The molecule has 4 rings (SSSR count). The van der Waals surface area contributed by atoms with Gasteiger partial charge in [0.05, 0.1) is 6.04 Å². The number of benzene rings is 2. The van der Waals surface area contributed by atoms with E-state index in [4.69, 9.17) is 0 Å². The number of nitrogens with one attached hydrogen (secondary N) is 3. The minimum absolute atomic E-state index is 0.0692. The molecule has 2 saturated heterocycles. The van der Waals surface area contributed by atoms with Crippen molar-refractivity contribution in [1.82, 2.24) is 20.9 Å². The number of rotatable bonds is 11. The number of hydrogen-bond acceptors (Lipinski definition) is 6. The molecule has 0 aliphatic carbocycles. The largest absolute Gasteiger partial charge is 0.508 e. The summed E-state index contributed by atoms with van der Waals surface area (Å²) in [6.45, 7) is 1.09. The average Bonchev–Trinajstić information content (AvgIpc) is 3.63. The lowest BCUT2D eigenvalue weighted by molar-refractivity contribution is -0.149. The number of aromatic hydroxyl groups is 1. The Kier molecular flexibility index (Phi) is 9.54. The second-order valence-corrected chi connectivity index (χ2v) is 10.3. The summed E-state index contributed by atoms with van der Waals surface area (Å²) in [7, 11) is 0. The van der Waals surface area contributed by atoms with Crippen molar-refractivity contribution in [1.29, 1.82) is 0 Å². The molecule has 0 bridgehead atoms. The van der Waals surface area contributed by atoms with E-state index in [9.17, 15) is 29.4 Å². The normalized spacial score (nSPS) is 20.3. The fourth-order valence-corrected chi connectivity index (χ4v) is 5.32. The molecule has 3 amide bonds. The van der Waals surface area contributed by atoms with Crippen LogP contribution in [0.15, 0.2) is 54.6 Å². The molecule has 2 aliphatic rings. The van der Waals surface area contributed by atoms with Crippen LogP contribution in [0.2, 0.25) is 0 Å². The maximum Gasteiger partial charge on any atom is 0.326 e. The fourth-order valence-electron chi connectivity index (χ4n) is 5.32. The highest BCUT2D eigenvalue weighted by atomic mass is 16.4. The molecule has 0 saturated carbocycles. The van der Waals surface area contributed by atoms with Gasteiger partial charge in [0.2, 0.25) is 17.7 Å². The highest BCUT2D eigenvalue weighted by molar-refractivity contribution is 5.91. The van der Waals surface area contributed by atoms with Crippen LogP contribution in [0.1, 0.15) is 43.2 Å². The van der Waals surface area contributed by atoms with Gasteiger partial charge < -0.3 is 31.1 Å². The number of aliphatic carboxylic acids is 1. The van der Waals surface area contributed by atoms with Crippen LogP contribution >= 0.6 is 0 Å². The van der Waals surface area contributed by atoms with Gasteiger partial charge in [-0.25, -0.2) is 4.79 Å². The zero-order valence-corrected chi connectivity index (χ0v) is 21.8. The molecule has 10 nitrogen and oxygen atoms in total. The molecule has 2 aromatic rings. The lowest BCUT2D eigenvalue weighted by Crippen LogP contribution is -2.54. The molecule has 4 atom stereocenters. The molecule has 0 aromatic heterocycles. The summed E-state index contributed by atoms with van der Waals surface area (Å²) in [5, 5.41) is 28.2. The van der Waals surface area contributed by atoms with E-state index < -0.39 is 35.9 Å². The van der Waals surface area contributed by atoms with Gasteiger partial charge in [0.1, 0.15) is 17.8 Å². The minimum atomic E-state index is -1.05. The number of carbonyl (C=O) groups is 4. The van der Waals surface area contributed by atoms with E-state index in [0.29, 0.717) is 25.8 Å². The zero-order chi connectivity index (χ0) is 27.8. The van der Waals surface area contributed by atoms with Gasteiger partial charge in [-0.2, -0.15) is 0 Å². The van der Waals surface area contributed by atoms with Crippen molar-refractivity contribution < 1.29 is 29.4 Å². The molecule has 2 aliphatic heterocycles. The van der Waals surface area contributed by atoms with Crippen LogP contribution in [0.5, 0.6) is 5.75 Å². The van der Waals surface area contributed by atoms with E-state index in [1.165, 1.54) is 4.90 Å². The molecular weight excluding hydrogens is 500 g/mol. The molecule has 2 heterocycles. The summed E-state index contributed by atoms with van der Waals surface area (Å²) in [5.74, 6) is -1.95. The van der Waals surface area contributed by atoms with Crippen molar-refractivity contribution in [3.8, 4) is 5.75 Å². The predicted molar refractivity (Wildman–Crippen MR) is 144 cm³/mol. The van der Waals surface area contributed by atoms with Gasteiger partial charge in [0.25, 0.3) is 0 Å². The lowest BCUT2D eigenvalue weighted by Gasteiger charge is -2.28. The third-order valence-electron chi connectivity index (χ3n) is 7.31. The van der Waals surface area contributed by atoms with Crippen molar-refractivity contribution in [2.75, 3.05) is 13.1 Å². The van der Waals surface area contributed by atoms with Gasteiger partial charge in [-0.05, 0) is 61.9 Å². The SMILES string of the molecule is O=C(CC(Cc1ccc(O)cc1)NC(=O)C1CCCN1)NC(Cc1ccccc1)C(=O)N1CCCC1C(=O)O. The van der Waals surface area contributed by atoms with Crippen molar-refractivity contribution >= 4 is 23.7 Å². The standard InChI is InChI=1S/C29H36N4O6/c34-22-12-10-20(11-13-22)16-21(31-27(36)23-8-4-14-30-23)18-26(35)32-24(17-19-6-2-1-3-7-19)28(37)33-15-5-9-25(33)29(38)39/h1-3,6-7,10-13,21,23-25,30,34H,4-5,8-9,14-18H2,(H,31,36)(H,32,35)(H,38,39). The highest BCUT2D eigenvalue weighted by Crippen LogP contribution is 2.20. The van der Waals surface area contributed by atoms with Crippen molar-refractivity contribution in [3.63, 3.8) is 0 Å². The number of carboxylic acid groups (broad SMARTS) is 1. The number of phenols is 1. The topological polar surface area (TPSA) is 148 Å². The first-order valence-corrected chi connectivity index (χ1v) is 13.5. The third-order valence-corrected chi connectivity index (χ3v) is 7.31. The lowest BCUT2D eigenvalue weighted by atomic mass is 10.0. The van der Waals surface area contributed by atoms with E-state index in [1.807, 2.05) is 30.3 Å². The quantitative estimate of drug-likeness (QED) is 0.291. The predicted octanol–water partition coefficient (Wildman–Crippen LogP) is 1.36. The number of carbonyl (C=O) groups excluding carboxylic acids is 3. The first kappa shape index (κ1) is 28.1. The first-order chi connectivity index (χ1) is 18.8. The molecule has 0 radical (unpaired) electrons. The second-order valence-electron chi connectivity index (χ2n) is 10.3. The van der Waals surface area contributed by atoms with Crippen LogP contribution in [0.4, 0.5) is 0 Å². The first-order valence-electron chi connectivity index (χ1n) is 13.5. The molecule has 0 spiro atoms. The zero-order valence-electron chi connectivity index (χ0n) is 21.8. The number of amides is 3. The van der Waals surface area contributed by atoms with E-state index in [0.717, 1.165) is 30.5 Å². The van der Waals surface area contributed by atoms with Crippen LogP contribution in [0, 0.1) is 0 Å². The Bertz CT molecular complexity index is 1150. The van der Waals surface area contributed by atoms with Gasteiger partial charge in [-0.1, -0.05) is 42.5 Å². The van der Waals surface area contributed by atoms with Crippen molar-refractivity contribution in [2.24, 2.45) is 0 Å². The molecule has 2 aromatic carbocycles. The smallest absolute Gasteiger partial charge is 0.326 e. The minimum Gasteiger partial charge on any atom is -0.508 e. The summed E-state index contributed by atoms with van der Waals surface area (Å²) in [5.41, 5.74) is 1.67. The summed E-state index contributed by atoms with van der Waals surface area (Å²) in [6, 6.07) is 13.1. The molecule has 208 valence electrons.